The fourth-order valence-corrected chi connectivity index (χ4v) is 3.24. The van der Waals surface area contributed by atoms with E-state index in [0.29, 0.717) is 30.6 Å². The predicted octanol–water partition coefficient (Wildman–Crippen LogP) is 3.06. The van der Waals surface area contributed by atoms with Crippen molar-refractivity contribution in [3.05, 3.63) is 29.3 Å². The van der Waals surface area contributed by atoms with Gasteiger partial charge in [-0.2, -0.15) is 5.26 Å². The molecule has 3 rings (SSSR count). The molecule has 1 fully saturated rings. The molecule has 24 heavy (non-hydrogen) atoms. The number of carbonyl (C=O) groups excluding carboxylic acids is 1. The topological polar surface area (TPSA) is 71.4 Å². The highest BCUT2D eigenvalue weighted by molar-refractivity contribution is 6.01. The highest BCUT2D eigenvalue weighted by Crippen LogP contribution is 2.31. The maximum atomic E-state index is 12.4. The van der Waals surface area contributed by atoms with Gasteiger partial charge in [0.15, 0.2) is 11.5 Å². The average Bonchev–Trinajstić information content (AvgIpc) is 2.61. The highest BCUT2D eigenvalue weighted by atomic mass is 16.6. The summed E-state index contributed by atoms with van der Waals surface area (Å²) in [6.45, 7) is 3.19. The number of hydrogen-bond donors (Lipinski definition) is 1. The number of benzene rings is 1. The molecule has 0 spiro atoms. The van der Waals surface area contributed by atoms with Crippen molar-refractivity contribution in [3.63, 3.8) is 0 Å². The first-order valence-electron chi connectivity index (χ1n) is 8.49. The summed E-state index contributed by atoms with van der Waals surface area (Å²) in [5.41, 5.74) is 0.868. The van der Waals surface area contributed by atoms with E-state index < -0.39 is 0 Å². The van der Waals surface area contributed by atoms with Crippen LogP contribution in [-0.2, 0) is 4.79 Å². The van der Waals surface area contributed by atoms with Gasteiger partial charge in [0.2, 0.25) is 0 Å². The molecule has 1 aromatic carbocycles. The Morgan fingerprint density at radius 3 is 2.75 bits per heavy atom. The summed E-state index contributed by atoms with van der Waals surface area (Å²) in [7, 11) is 0. The van der Waals surface area contributed by atoms with E-state index in [1.165, 1.54) is 6.42 Å². The van der Waals surface area contributed by atoms with Crippen LogP contribution >= 0.6 is 0 Å². The van der Waals surface area contributed by atoms with Crippen LogP contribution in [0.2, 0.25) is 0 Å². The maximum absolute atomic E-state index is 12.4. The van der Waals surface area contributed by atoms with Gasteiger partial charge < -0.3 is 14.8 Å². The van der Waals surface area contributed by atoms with E-state index in [-0.39, 0.29) is 17.5 Å². The standard InChI is InChI=1S/C19H22N2O3/c1-13-4-2-3-5-16(13)21-19(22)15(12-20)10-14-6-7-17-18(11-14)24-9-8-23-17/h6-7,10-11,13,16H,2-5,8-9H2,1H3,(H,21,22)/b15-10+. The summed E-state index contributed by atoms with van der Waals surface area (Å²) < 4.78 is 11.0. The van der Waals surface area contributed by atoms with Crippen LogP contribution in [0, 0.1) is 17.2 Å². The van der Waals surface area contributed by atoms with Gasteiger partial charge in [-0.3, -0.25) is 4.79 Å². The van der Waals surface area contributed by atoms with Crippen molar-refractivity contribution >= 4 is 12.0 Å². The van der Waals surface area contributed by atoms with Gasteiger partial charge in [-0.25, -0.2) is 0 Å². The van der Waals surface area contributed by atoms with Crippen LogP contribution in [0.3, 0.4) is 0 Å². The SMILES string of the molecule is CC1CCCCC1NC(=O)/C(C#N)=C/c1ccc2c(c1)OCCO2. The Morgan fingerprint density at radius 1 is 1.25 bits per heavy atom. The van der Waals surface area contributed by atoms with E-state index in [0.717, 1.165) is 24.8 Å². The molecule has 1 aliphatic heterocycles. The number of carbonyl (C=O) groups is 1. The molecule has 1 amide bonds. The van der Waals surface area contributed by atoms with E-state index in [1.54, 1.807) is 18.2 Å². The summed E-state index contributed by atoms with van der Waals surface area (Å²) in [5, 5.41) is 12.4. The minimum Gasteiger partial charge on any atom is -0.486 e. The Balaban J connectivity index is 1.74. The van der Waals surface area contributed by atoms with Crippen LogP contribution in [0.25, 0.3) is 6.08 Å². The summed E-state index contributed by atoms with van der Waals surface area (Å²) in [6.07, 6.45) is 6.05. The lowest BCUT2D eigenvalue weighted by molar-refractivity contribution is -0.118. The Hall–Kier alpha value is -2.48. The molecule has 0 radical (unpaired) electrons. The van der Waals surface area contributed by atoms with Gasteiger partial charge in [0.25, 0.3) is 5.91 Å². The van der Waals surface area contributed by atoms with E-state index >= 15 is 0 Å². The number of ether oxygens (including phenoxy) is 2. The fourth-order valence-electron chi connectivity index (χ4n) is 3.24. The molecule has 0 saturated heterocycles. The normalized spacial score (nSPS) is 23.2. The van der Waals surface area contributed by atoms with Crippen LogP contribution in [0.15, 0.2) is 23.8 Å². The molecule has 5 heteroatoms. The lowest BCUT2D eigenvalue weighted by atomic mass is 9.86. The van der Waals surface area contributed by atoms with E-state index in [2.05, 4.69) is 12.2 Å². The predicted molar refractivity (Wildman–Crippen MR) is 90.6 cm³/mol. The zero-order valence-corrected chi connectivity index (χ0v) is 13.9. The summed E-state index contributed by atoms with van der Waals surface area (Å²) in [6, 6.07) is 7.58. The molecule has 1 aliphatic carbocycles. The molecule has 1 aromatic rings. The molecular weight excluding hydrogens is 304 g/mol. The minimum atomic E-state index is -0.300. The molecular formula is C19H22N2O3. The zero-order valence-electron chi connectivity index (χ0n) is 13.9. The Morgan fingerprint density at radius 2 is 2.00 bits per heavy atom. The number of rotatable bonds is 3. The third-order valence-corrected chi connectivity index (χ3v) is 4.67. The van der Waals surface area contributed by atoms with Crippen molar-refractivity contribution in [3.8, 4) is 17.6 Å². The van der Waals surface area contributed by atoms with Gasteiger partial charge in [-0.05, 0) is 42.5 Å². The minimum absolute atomic E-state index is 0.115. The van der Waals surface area contributed by atoms with Crippen molar-refractivity contribution < 1.29 is 14.3 Å². The van der Waals surface area contributed by atoms with Crippen molar-refractivity contribution in [2.24, 2.45) is 5.92 Å². The molecule has 126 valence electrons. The first-order chi connectivity index (χ1) is 11.7. The van der Waals surface area contributed by atoms with Crippen molar-refractivity contribution in [1.29, 1.82) is 5.26 Å². The average molecular weight is 326 g/mol. The molecule has 1 N–H and O–H groups in total. The van der Waals surface area contributed by atoms with Gasteiger partial charge in [0, 0.05) is 6.04 Å². The molecule has 1 saturated carbocycles. The number of fused-ring (bicyclic) bond motifs is 1. The Bertz CT molecular complexity index is 690. The van der Waals surface area contributed by atoms with Gasteiger partial charge in [-0.1, -0.05) is 25.8 Å². The maximum Gasteiger partial charge on any atom is 0.262 e. The van der Waals surface area contributed by atoms with Gasteiger partial charge in [0.1, 0.15) is 24.9 Å². The monoisotopic (exact) mass is 326 g/mol. The van der Waals surface area contributed by atoms with E-state index in [9.17, 15) is 10.1 Å². The second-order valence-electron chi connectivity index (χ2n) is 6.41. The van der Waals surface area contributed by atoms with Crippen molar-refractivity contribution in [2.75, 3.05) is 13.2 Å². The van der Waals surface area contributed by atoms with Crippen LogP contribution in [0.4, 0.5) is 0 Å². The van der Waals surface area contributed by atoms with Crippen LogP contribution in [-0.4, -0.2) is 25.2 Å². The molecule has 0 bridgehead atoms. The Labute approximate surface area is 142 Å². The lowest BCUT2D eigenvalue weighted by Gasteiger charge is -2.29. The number of hydrogen-bond acceptors (Lipinski definition) is 4. The third-order valence-electron chi connectivity index (χ3n) is 4.67. The quantitative estimate of drug-likeness (QED) is 0.684. The molecule has 5 nitrogen and oxygen atoms in total. The summed E-state index contributed by atoms with van der Waals surface area (Å²) >= 11 is 0. The third kappa shape index (κ3) is 3.70. The van der Waals surface area contributed by atoms with Crippen molar-refractivity contribution in [2.45, 2.75) is 38.6 Å². The zero-order chi connectivity index (χ0) is 16.9. The number of nitrogens with one attached hydrogen (secondary N) is 1. The second-order valence-corrected chi connectivity index (χ2v) is 6.41. The number of amides is 1. The Kier molecular flexibility index (Phi) is 5.05. The largest absolute Gasteiger partial charge is 0.486 e. The van der Waals surface area contributed by atoms with Crippen molar-refractivity contribution in [1.82, 2.24) is 5.32 Å². The summed E-state index contributed by atoms with van der Waals surface area (Å²) in [4.78, 5) is 12.4. The first-order valence-corrected chi connectivity index (χ1v) is 8.49. The molecule has 0 aromatic heterocycles. The number of nitrogens with zero attached hydrogens (tertiary/aromatic N) is 1. The lowest BCUT2D eigenvalue weighted by Crippen LogP contribution is -2.41. The van der Waals surface area contributed by atoms with Crippen LogP contribution < -0.4 is 14.8 Å². The first kappa shape index (κ1) is 16.4. The smallest absolute Gasteiger partial charge is 0.262 e. The summed E-state index contributed by atoms with van der Waals surface area (Å²) in [5.74, 6) is 1.49. The highest BCUT2D eigenvalue weighted by Gasteiger charge is 2.24. The second kappa shape index (κ2) is 7.39. The fraction of sp³-hybridized carbons (Fsp3) is 0.474. The molecule has 2 aliphatic rings. The van der Waals surface area contributed by atoms with Gasteiger partial charge in [0.05, 0.1) is 0 Å². The molecule has 1 heterocycles. The van der Waals surface area contributed by atoms with Gasteiger partial charge in [-0.15, -0.1) is 0 Å². The van der Waals surface area contributed by atoms with Gasteiger partial charge >= 0.3 is 0 Å². The van der Waals surface area contributed by atoms with Crippen LogP contribution in [0.1, 0.15) is 38.2 Å². The van der Waals surface area contributed by atoms with E-state index in [1.807, 2.05) is 12.1 Å². The van der Waals surface area contributed by atoms with E-state index in [4.69, 9.17) is 9.47 Å². The number of nitriles is 1. The molecule has 2 unspecified atom stereocenters. The van der Waals surface area contributed by atoms with Crippen LogP contribution in [0.5, 0.6) is 11.5 Å². The molecule has 2 atom stereocenters.